The van der Waals surface area contributed by atoms with Gasteiger partial charge in [0.15, 0.2) is 11.5 Å². The summed E-state index contributed by atoms with van der Waals surface area (Å²) in [6.45, 7) is 5.10. The highest BCUT2D eigenvalue weighted by atomic mass is 32.2. The lowest BCUT2D eigenvalue weighted by Gasteiger charge is -2.14. The van der Waals surface area contributed by atoms with Crippen molar-refractivity contribution in [2.45, 2.75) is 31.6 Å². The Kier molecular flexibility index (Phi) is 7.83. The number of hydrogen-bond donors (Lipinski definition) is 2. The summed E-state index contributed by atoms with van der Waals surface area (Å²) >= 11 is 0. The fraction of sp³-hybridized carbons (Fsp3) is 0.350. The Morgan fingerprint density at radius 1 is 0.929 bits per heavy atom. The summed E-state index contributed by atoms with van der Waals surface area (Å²) in [5, 5.41) is 2.75. The molecule has 2 N–H and O–H groups in total. The number of nitrogens with one attached hydrogen (secondary N) is 2. The molecule has 0 spiro atoms. The van der Waals surface area contributed by atoms with Crippen molar-refractivity contribution in [1.82, 2.24) is 4.72 Å². The first-order valence-corrected chi connectivity index (χ1v) is 10.6. The molecule has 0 saturated carbocycles. The van der Waals surface area contributed by atoms with Crippen LogP contribution in [0.2, 0.25) is 0 Å². The second kappa shape index (κ2) is 10.1. The Morgan fingerprint density at radius 3 is 2.11 bits per heavy atom. The second-order valence-corrected chi connectivity index (χ2v) is 7.93. The monoisotopic (exact) mass is 406 g/mol. The Morgan fingerprint density at radius 2 is 1.54 bits per heavy atom. The second-order valence-electron chi connectivity index (χ2n) is 6.04. The van der Waals surface area contributed by atoms with Crippen LogP contribution in [-0.4, -0.2) is 34.6 Å². The Balaban J connectivity index is 2.16. The minimum atomic E-state index is -3.52. The summed E-state index contributed by atoms with van der Waals surface area (Å²) in [4.78, 5) is 12.7. The molecule has 2 aromatic carbocycles. The zero-order chi connectivity index (χ0) is 20.6. The zero-order valence-corrected chi connectivity index (χ0v) is 17.1. The van der Waals surface area contributed by atoms with Crippen LogP contribution in [0.4, 0.5) is 5.69 Å². The molecule has 7 nitrogen and oxygen atoms in total. The third-order valence-electron chi connectivity index (χ3n) is 3.82. The summed E-state index contributed by atoms with van der Waals surface area (Å²) < 4.78 is 37.2. The molecular weight excluding hydrogens is 380 g/mol. The number of amides is 1. The van der Waals surface area contributed by atoms with Gasteiger partial charge in [-0.05, 0) is 62.4 Å². The van der Waals surface area contributed by atoms with E-state index in [0.29, 0.717) is 36.0 Å². The molecule has 0 aliphatic carbocycles. The number of benzene rings is 2. The van der Waals surface area contributed by atoms with Gasteiger partial charge in [-0.2, -0.15) is 0 Å². The number of rotatable bonds is 10. The zero-order valence-electron chi connectivity index (χ0n) is 16.3. The van der Waals surface area contributed by atoms with Gasteiger partial charge in [-0.1, -0.05) is 13.8 Å². The van der Waals surface area contributed by atoms with Crippen LogP contribution in [0.1, 0.15) is 37.0 Å². The molecule has 1 amide bonds. The lowest BCUT2D eigenvalue weighted by molar-refractivity contribution is 0.102. The van der Waals surface area contributed by atoms with Crippen LogP contribution in [0.15, 0.2) is 47.4 Å². The van der Waals surface area contributed by atoms with E-state index < -0.39 is 10.0 Å². The molecule has 0 aromatic heterocycles. The quantitative estimate of drug-likeness (QED) is 0.630. The first-order valence-electron chi connectivity index (χ1n) is 9.15. The third-order valence-corrected chi connectivity index (χ3v) is 5.25. The molecule has 2 aromatic rings. The van der Waals surface area contributed by atoms with Gasteiger partial charge in [-0.15, -0.1) is 0 Å². The van der Waals surface area contributed by atoms with E-state index in [-0.39, 0.29) is 10.8 Å². The average Bonchev–Trinajstić information content (AvgIpc) is 2.71. The van der Waals surface area contributed by atoms with Gasteiger partial charge in [0, 0.05) is 11.3 Å². The van der Waals surface area contributed by atoms with E-state index in [9.17, 15) is 13.2 Å². The van der Waals surface area contributed by atoms with Gasteiger partial charge >= 0.3 is 0 Å². The number of anilines is 1. The Labute approximate surface area is 166 Å². The van der Waals surface area contributed by atoms with Crippen LogP contribution >= 0.6 is 0 Å². The van der Waals surface area contributed by atoms with Crippen molar-refractivity contribution in [1.29, 1.82) is 0 Å². The van der Waals surface area contributed by atoms with Crippen LogP contribution < -0.4 is 19.5 Å². The number of carbonyl (C=O) groups is 1. The Hall–Kier alpha value is -2.58. The van der Waals surface area contributed by atoms with E-state index in [1.165, 1.54) is 31.3 Å². The van der Waals surface area contributed by atoms with Crippen molar-refractivity contribution < 1.29 is 22.7 Å². The SMILES string of the molecule is CCCOc1ccc(C(=O)Nc2ccc(S(=O)(=O)NC)cc2)cc1OCCC. The van der Waals surface area contributed by atoms with Gasteiger partial charge in [0.05, 0.1) is 18.1 Å². The van der Waals surface area contributed by atoms with Gasteiger partial charge in [-0.3, -0.25) is 4.79 Å². The van der Waals surface area contributed by atoms with Crippen LogP contribution in [0, 0.1) is 0 Å². The molecule has 0 fully saturated rings. The van der Waals surface area contributed by atoms with Gasteiger partial charge in [0.25, 0.3) is 5.91 Å². The maximum absolute atomic E-state index is 12.6. The number of carbonyl (C=O) groups excluding carboxylic acids is 1. The fourth-order valence-corrected chi connectivity index (χ4v) is 3.07. The average molecular weight is 407 g/mol. The molecule has 0 atom stereocenters. The number of sulfonamides is 1. The smallest absolute Gasteiger partial charge is 0.255 e. The van der Waals surface area contributed by atoms with E-state index in [2.05, 4.69) is 10.0 Å². The van der Waals surface area contributed by atoms with Crippen molar-refractivity contribution in [3.8, 4) is 11.5 Å². The maximum atomic E-state index is 12.6. The summed E-state index contributed by atoms with van der Waals surface area (Å²) in [6, 6.07) is 11.0. The molecule has 2 rings (SSSR count). The van der Waals surface area contributed by atoms with Crippen LogP contribution in [-0.2, 0) is 10.0 Å². The molecule has 0 bridgehead atoms. The summed E-state index contributed by atoms with van der Waals surface area (Å²) in [5.74, 6) is 0.805. The van der Waals surface area contributed by atoms with Gasteiger partial charge in [-0.25, -0.2) is 13.1 Å². The highest BCUT2D eigenvalue weighted by molar-refractivity contribution is 7.89. The minimum Gasteiger partial charge on any atom is -0.490 e. The molecule has 8 heteroatoms. The third kappa shape index (κ3) is 5.71. The van der Waals surface area contributed by atoms with Crippen molar-refractivity contribution in [3.63, 3.8) is 0 Å². The summed E-state index contributed by atoms with van der Waals surface area (Å²) in [5.41, 5.74) is 0.907. The maximum Gasteiger partial charge on any atom is 0.255 e. The summed E-state index contributed by atoms with van der Waals surface area (Å²) in [6.07, 6.45) is 1.71. The highest BCUT2D eigenvalue weighted by Gasteiger charge is 2.14. The van der Waals surface area contributed by atoms with Crippen molar-refractivity contribution in [2.24, 2.45) is 0 Å². The molecule has 0 unspecified atom stereocenters. The van der Waals surface area contributed by atoms with Crippen molar-refractivity contribution in [2.75, 3.05) is 25.6 Å². The van der Waals surface area contributed by atoms with E-state index in [1.54, 1.807) is 18.2 Å². The van der Waals surface area contributed by atoms with Crippen molar-refractivity contribution >= 4 is 21.6 Å². The summed E-state index contributed by atoms with van der Waals surface area (Å²) in [7, 11) is -2.17. The van der Waals surface area contributed by atoms with E-state index in [1.807, 2.05) is 13.8 Å². The lowest BCUT2D eigenvalue weighted by atomic mass is 10.1. The predicted molar refractivity (Wildman–Crippen MR) is 109 cm³/mol. The molecule has 0 heterocycles. The molecule has 152 valence electrons. The van der Waals surface area contributed by atoms with Gasteiger partial charge < -0.3 is 14.8 Å². The van der Waals surface area contributed by atoms with Crippen molar-refractivity contribution in [3.05, 3.63) is 48.0 Å². The predicted octanol–water partition coefficient (Wildman–Crippen LogP) is 3.42. The van der Waals surface area contributed by atoms with Crippen LogP contribution in [0.25, 0.3) is 0 Å². The van der Waals surface area contributed by atoms with Gasteiger partial charge in [0.2, 0.25) is 10.0 Å². The molecule has 0 saturated heterocycles. The molecule has 0 aliphatic heterocycles. The van der Waals surface area contributed by atoms with Crippen LogP contribution in [0.5, 0.6) is 11.5 Å². The lowest BCUT2D eigenvalue weighted by Crippen LogP contribution is -2.18. The largest absolute Gasteiger partial charge is 0.490 e. The van der Waals surface area contributed by atoms with E-state index in [4.69, 9.17) is 9.47 Å². The first-order chi connectivity index (χ1) is 13.4. The standard InChI is InChI=1S/C20H26N2O5S/c1-4-12-26-18-11-6-15(14-19(18)27-13-5-2)20(23)22-16-7-9-17(10-8-16)28(24,25)21-3/h6-11,14,21H,4-5,12-13H2,1-3H3,(H,22,23). The van der Waals surface area contributed by atoms with E-state index >= 15 is 0 Å². The molecule has 0 aliphatic rings. The fourth-order valence-electron chi connectivity index (χ4n) is 2.34. The first kappa shape index (κ1) is 21.7. The van der Waals surface area contributed by atoms with E-state index in [0.717, 1.165) is 12.8 Å². The molecular formula is C20H26N2O5S. The molecule has 0 radical (unpaired) electrons. The minimum absolute atomic E-state index is 0.126. The highest BCUT2D eigenvalue weighted by Crippen LogP contribution is 2.29. The van der Waals surface area contributed by atoms with Gasteiger partial charge in [0.1, 0.15) is 0 Å². The normalized spacial score (nSPS) is 11.1. The topological polar surface area (TPSA) is 93.7 Å². The molecule has 28 heavy (non-hydrogen) atoms. The Bertz CT molecular complexity index is 895. The number of ether oxygens (including phenoxy) is 2. The van der Waals surface area contributed by atoms with Crippen LogP contribution in [0.3, 0.4) is 0 Å². The number of hydrogen-bond acceptors (Lipinski definition) is 5.